The lowest BCUT2D eigenvalue weighted by Crippen LogP contribution is -2.39. The van der Waals surface area contributed by atoms with Gasteiger partial charge in [0, 0.05) is 63.4 Å². The van der Waals surface area contributed by atoms with E-state index in [-0.39, 0.29) is 11.8 Å². The van der Waals surface area contributed by atoms with Crippen molar-refractivity contribution in [3.8, 4) is 0 Å². The largest absolute Gasteiger partial charge is 0.341 e. The number of carbonyl (C=O) groups is 1. The molecule has 2 aromatic heterocycles. The standard InChI is InChI=1S/C18H28N6O/c1-3-23-15-17(12-20-23)14-21-7-5-8-22(11-10-21)18(25)16(2)13-24-9-4-6-19-24/h4,6,9,12,15-16H,3,5,7-8,10-11,13-14H2,1-2H3/t16-/m0/s1. The molecule has 1 fully saturated rings. The van der Waals surface area contributed by atoms with E-state index in [1.54, 1.807) is 6.20 Å². The molecule has 0 aliphatic carbocycles. The Kier molecular flexibility index (Phi) is 5.86. The minimum Gasteiger partial charge on any atom is -0.341 e. The fourth-order valence-corrected chi connectivity index (χ4v) is 3.35. The summed E-state index contributed by atoms with van der Waals surface area (Å²) in [4.78, 5) is 17.2. The van der Waals surface area contributed by atoms with E-state index in [2.05, 4.69) is 28.2 Å². The van der Waals surface area contributed by atoms with Gasteiger partial charge in [0.2, 0.25) is 5.91 Å². The van der Waals surface area contributed by atoms with Crippen LogP contribution in [0.1, 0.15) is 25.8 Å². The zero-order valence-corrected chi connectivity index (χ0v) is 15.2. The van der Waals surface area contributed by atoms with Crippen LogP contribution in [0.15, 0.2) is 30.9 Å². The summed E-state index contributed by atoms with van der Waals surface area (Å²) in [5.74, 6) is 0.186. The maximum atomic E-state index is 12.7. The van der Waals surface area contributed by atoms with E-state index in [0.717, 1.165) is 45.7 Å². The molecule has 0 N–H and O–H groups in total. The van der Waals surface area contributed by atoms with Gasteiger partial charge in [-0.25, -0.2) is 0 Å². The van der Waals surface area contributed by atoms with Crippen LogP contribution in [0.25, 0.3) is 0 Å². The Bertz CT molecular complexity index is 665. The Hall–Kier alpha value is -2.15. The van der Waals surface area contributed by atoms with Gasteiger partial charge < -0.3 is 4.90 Å². The minimum absolute atomic E-state index is 0.0470. The van der Waals surface area contributed by atoms with Crippen LogP contribution < -0.4 is 0 Å². The van der Waals surface area contributed by atoms with Gasteiger partial charge in [-0.1, -0.05) is 6.92 Å². The van der Waals surface area contributed by atoms with Gasteiger partial charge in [0.15, 0.2) is 0 Å². The van der Waals surface area contributed by atoms with E-state index in [1.165, 1.54) is 5.56 Å². The van der Waals surface area contributed by atoms with Crippen molar-refractivity contribution in [3.05, 3.63) is 36.4 Å². The van der Waals surface area contributed by atoms with Gasteiger partial charge in [0.1, 0.15) is 0 Å². The molecule has 1 amide bonds. The number of hydrogen-bond donors (Lipinski definition) is 0. The molecule has 3 rings (SSSR count). The molecular formula is C18H28N6O. The average molecular weight is 344 g/mol. The predicted molar refractivity (Wildman–Crippen MR) is 95.8 cm³/mol. The van der Waals surface area contributed by atoms with E-state index >= 15 is 0 Å². The summed E-state index contributed by atoms with van der Waals surface area (Å²) in [6.07, 6.45) is 8.73. The van der Waals surface area contributed by atoms with Gasteiger partial charge in [-0.3, -0.25) is 19.1 Å². The van der Waals surface area contributed by atoms with Crippen LogP contribution in [0.2, 0.25) is 0 Å². The molecule has 0 spiro atoms. The van der Waals surface area contributed by atoms with Crippen LogP contribution in [-0.2, 0) is 24.4 Å². The predicted octanol–water partition coefficient (Wildman–Crippen LogP) is 1.47. The molecule has 1 atom stereocenters. The molecular weight excluding hydrogens is 316 g/mol. The van der Waals surface area contributed by atoms with Gasteiger partial charge in [-0.2, -0.15) is 10.2 Å². The van der Waals surface area contributed by atoms with Gasteiger partial charge in [-0.05, 0) is 19.4 Å². The fraction of sp³-hybridized carbons (Fsp3) is 0.611. The Labute approximate surface area is 149 Å². The molecule has 0 saturated carbocycles. The van der Waals surface area contributed by atoms with E-state index in [1.807, 2.05) is 39.6 Å². The van der Waals surface area contributed by atoms with Gasteiger partial charge in [0.25, 0.3) is 0 Å². The highest BCUT2D eigenvalue weighted by atomic mass is 16.2. The van der Waals surface area contributed by atoms with Gasteiger partial charge >= 0.3 is 0 Å². The first kappa shape index (κ1) is 17.7. The van der Waals surface area contributed by atoms with Crippen molar-refractivity contribution in [3.63, 3.8) is 0 Å². The molecule has 0 radical (unpaired) electrons. The normalized spacial score (nSPS) is 17.4. The number of hydrogen-bond acceptors (Lipinski definition) is 4. The second-order valence-corrected chi connectivity index (χ2v) is 6.79. The number of carbonyl (C=O) groups excluding carboxylic acids is 1. The topological polar surface area (TPSA) is 59.2 Å². The van der Waals surface area contributed by atoms with E-state index in [9.17, 15) is 4.79 Å². The van der Waals surface area contributed by atoms with Crippen molar-refractivity contribution < 1.29 is 4.79 Å². The summed E-state index contributed by atoms with van der Waals surface area (Å²) in [5.41, 5.74) is 1.24. The van der Waals surface area contributed by atoms with Crippen LogP contribution in [0.4, 0.5) is 0 Å². The van der Waals surface area contributed by atoms with Crippen LogP contribution in [0.5, 0.6) is 0 Å². The second-order valence-electron chi connectivity index (χ2n) is 6.79. The molecule has 0 bridgehead atoms. The second kappa shape index (κ2) is 8.29. The van der Waals surface area contributed by atoms with Crippen molar-refractivity contribution in [2.24, 2.45) is 5.92 Å². The lowest BCUT2D eigenvalue weighted by Gasteiger charge is -2.24. The summed E-state index contributed by atoms with van der Waals surface area (Å²) in [5, 5.41) is 8.54. The van der Waals surface area contributed by atoms with Gasteiger partial charge in [0.05, 0.1) is 18.7 Å². The van der Waals surface area contributed by atoms with Crippen molar-refractivity contribution in [1.29, 1.82) is 0 Å². The number of nitrogens with zero attached hydrogens (tertiary/aromatic N) is 6. The first-order valence-corrected chi connectivity index (χ1v) is 9.15. The smallest absolute Gasteiger partial charge is 0.227 e. The van der Waals surface area contributed by atoms with Crippen LogP contribution in [0, 0.1) is 5.92 Å². The summed E-state index contributed by atoms with van der Waals surface area (Å²) in [6, 6.07) is 1.89. The highest BCUT2D eigenvalue weighted by Gasteiger charge is 2.23. The zero-order chi connectivity index (χ0) is 17.6. The molecule has 1 saturated heterocycles. The molecule has 7 nitrogen and oxygen atoms in total. The first-order valence-electron chi connectivity index (χ1n) is 9.15. The minimum atomic E-state index is -0.0470. The molecule has 0 unspecified atom stereocenters. The lowest BCUT2D eigenvalue weighted by molar-refractivity contribution is -0.135. The Morgan fingerprint density at radius 3 is 2.80 bits per heavy atom. The molecule has 136 valence electrons. The van der Waals surface area contributed by atoms with E-state index < -0.39 is 0 Å². The SMILES string of the molecule is CCn1cc(CN2CCCN(C(=O)[C@@H](C)Cn3cccn3)CC2)cn1. The molecule has 3 heterocycles. The monoisotopic (exact) mass is 344 g/mol. The summed E-state index contributed by atoms with van der Waals surface area (Å²) >= 11 is 0. The first-order chi connectivity index (χ1) is 12.2. The molecule has 25 heavy (non-hydrogen) atoms. The Balaban J connectivity index is 1.51. The fourth-order valence-electron chi connectivity index (χ4n) is 3.35. The number of amides is 1. The lowest BCUT2D eigenvalue weighted by atomic mass is 10.1. The summed E-state index contributed by atoms with van der Waals surface area (Å²) in [7, 11) is 0. The third-order valence-electron chi connectivity index (χ3n) is 4.76. The van der Waals surface area contributed by atoms with Crippen LogP contribution in [-0.4, -0.2) is 61.4 Å². The molecule has 1 aliphatic rings. The highest BCUT2D eigenvalue weighted by Crippen LogP contribution is 2.12. The molecule has 7 heteroatoms. The van der Waals surface area contributed by atoms with Crippen LogP contribution >= 0.6 is 0 Å². The van der Waals surface area contributed by atoms with E-state index in [4.69, 9.17) is 0 Å². The van der Waals surface area contributed by atoms with Crippen molar-refractivity contribution in [1.82, 2.24) is 29.4 Å². The maximum absolute atomic E-state index is 12.7. The highest BCUT2D eigenvalue weighted by molar-refractivity contribution is 5.78. The third-order valence-corrected chi connectivity index (χ3v) is 4.76. The maximum Gasteiger partial charge on any atom is 0.227 e. The van der Waals surface area contributed by atoms with Crippen LogP contribution in [0.3, 0.4) is 0 Å². The summed E-state index contributed by atoms with van der Waals surface area (Å²) < 4.78 is 3.79. The third kappa shape index (κ3) is 4.69. The average Bonchev–Trinajstić information content (AvgIpc) is 3.23. The Morgan fingerprint density at radius 1 is 1.20 bits per heavy atom. The van der Waals surface area contributed by atoms with E-state index in [0.29, 0.717) is 6.54 Å². The van der Waals surface area contributed by atoms with Crippen molar-refractivity contribution in [2.75, 3.05) is 26.2 Å². The quantitative estimate of drug-likeness (QED) is 0.796. The van der Waals surface area contributed by atoms with Gasteiger partial charge in [-0.15, -0.1) is 0 Å². The van der Waals surface area contributed by atoms with Crippen molar-refractivity contribution in [2.45, 2.75) is 39.9 Å². The molecule has 1 aliphatic heterocycles. The number of rotatable bonds is 6. The Morgan fingerprint density at radius 2 is 2.08 bits per heavy atom. The molecule has 0 aromatic carbocycles. The number of aryl methyl sites for hydroxylation is 1. The summed E-state index contributed by atoms with van der Waals surface area (Å²) in [6.45, 7) is 10.1. The zero-order valence-electron chi connectivity index (χ0n) is 15.2. The van der Waals surface area contributed by atoms with Crippen molar-refractivity contribution >= 4 is 5.91 Å². The number of aromatic nitrogens is 4. The molecule has 2 aromatic rings.